The van der Waals surface area contributed by atoms with Gasteiger partial charge in [-0.15, -0.1) is 0 Å². The standard InChI is InChI=1S/C10H6N6S2.C8H14N2O3.C8H14N2O2.2C3H8.C2H6/c1-5(13-3-11-1)7-15-9-10(17-7)16-8(18-9)6-2-12-4-14-6;1-13-8(12)9-6-7(11)10-4-2-3-5-10;1-7(11)9-6-8(12)10-4-2-3-5-10;2*1-3-2;1-2/h1-4H,(H,11,13)(H,12,14);2-6H2,1H3,(H,9,12);2-6H2,1H3,(H,9,11);2*3H2,1-2H3;1-2H3. The van der Waals surface area contributed by atoms with Crippen molar-refractivity contribution in [3.05, 3.63) is 25.0 Å². The molecule has 17 heteroatoms. The molecule has 2 aliphatic rings. The molecule has 2 fully saturated rings. The zero-order valence-electron chi connectivity index (χ0n) is 31.3. The van der Waals surface area contributed by atoms with Gasteiger partial charge in [0, 0.05) is 33.1 Å². The molecule has 0 aromatic carbocycles. The number of aromatic amines is 2. The Kier molecular flexibility index (Phi) is 23.1. The smallest absolute Gasteiger partial charge is 0.407 e. The normalized spacial score (nSPS) is 12.6. The van der Waals surface area contributed by atoms with Crippen molar-refractivity contribution in [3.8, 4) is 21.4 Å². The van der Waals surface area contributed by atoms with Crippen LogP contribution in [0.4, 0.5) is 4.79 Å². The number of carbonyl (C=O) groups is 4. The maximum absolute atomic E-state index is 11.3. The largest absolute Gasteiger partial charge is 0.453 e. The number of thiazole rings is 2. The second-order valence-corrected chi connectivity index (χ2v) is 12.9. The summed E-state index contributed by atoms with van der Waals surface area (Å²) < 4.78 is 4.34. The summed E-state index contributed by atoms with van der Waals surface area (Å²) in [5.41, 5.74) is 1.85. The summed E-state index contributed by atoms with van der Waals surface area (Å²) in [7, 11) is 1.27. The predicted octanol–water partition coefficient (Wildman–Crippen LogP) is 6.10. The van der Waals surface area contributed by atoms with Gasteiger partial charge in [-0.2, -0.15) is 0 Å². The van der Waals surface area contributed by atoms with Gasteiger partial charge in [0.1, 0.15) is 16.6 Å². The molecule has 6 rings (SSSR count). The Balaban J connectivity index is 0.000000354. The quantitative estimate of drug-likeness (QED) is 0.180. The van der Waals surface area contributed by atoms with Crippen LogP contribution in [0.1, 0.15) is 87.0 Å². The summed E-state index contributed by atoms with van der Waals surface area (Å²) >= 11 is 3.11. The maximum atomic E-state index is 11.3. The molecule has 0 spiro atoms. The molecule has 51 heavy (non-hydrogen) atoms. The Hall–Kier alpha value is -4.38. The number of hydrogen-bond acceptors (Lipinski definition) is 11. The van der Waals surface area contributed by atoms with Crippen molar-refractivity contribution >= 4 is 56.1 Å². The molecule has 2 aliphatic heterocycles. The monoisotopic (exact) mass is 748 g/mol. The van der Waals surface area contributed by atoms with Crippen LogP contribution in [0.5, 0.6) is 0 Å². The Morgan fingerprint density at radius 1 is 0.725 bits per heavy atom. The molecule has 4 N–H and O–H groups in total. The molecule has 2 saturated heterocycles. The summed E-state index contributed by atoms with van der Waals surface area (Å²) in [6.45, 7) is 17.4. The van der Waals surface area contributed by atoms with E-state index in [0.29, 0.717) is 0 Å². The number of hydrogen-bond donors (Lipinski definition) is 4. The van der Waals surface area contributed by atoms with Crippen molar-refractivity contribution in [3.63, 3.8) is 0 Å². The summed E-state index contributed by atoms with van der Waals surface area (Å²) in [5, 5.41) is 6.68. The number of H-pyrrole nitrogens is 2. The zero-order chi connectivity index (χ0) is 38.0. The average molecular weight is 749 g/mol. The molecule has 0 radical (unpaired) electrons. The minimum absolute atomic E-state index is 0.0303. The highest BCUT2D eigenvalue weighted by Crippen LogP contribution is 2.35. The molecule has 284 valence electrons. The average Bonchev–Trinajstić information content (AvgIpc) is 3.97. The fraction of sp³-hybridized carbons (Fsp3) is 0.588. The van der Waals surface area contributed by atoms with Crippen LogP contribution in [-0.2, 0) is 19.1 Å². The molecular formula is C34H56N10O5S2. The highest BCUT2D eigenvalue weighted by molar-refractivity contribution is 7.29. The van der Waals surface area contributed by atoms with E-state index in [-0.39, 0.29) is 30.8 Å². The first kappa shape index (κ1) is 44.6. The Labute approximate surface area is 309 Å². The summed E-state index contributed by atoms with van der Waals surface area (Å²) in [6, 6.07) is 0. The van der Waals surface area contributed by atoms with Gasteiger partial charge in [-0.05, 0) is 25.7 Å². The first-order chi connectivity index (χ1) is 24.7. The topological polar surface area (TPSA) is 191 Å². The van der Waals surface area contributed by atoms with Gasteiger partial charge in [-0.25, -0.2) is 24.7 Å². The van der Waals surface area contributed by atoms with Gasteiger partial charge in [-0.3, -0.25) is 14.4 Å². The van der Waals surface area contributed by atoms with Crippen LogP contribution in [0, 0.1) is 0 Å². The van der Waals surface area contributed by atoms with E-state index >= 15 is 0 Å². The number of carbonyl (C=O) groups excluding carboxylic acids is 4. The van der Waals surface area contributed by atoms with E-state index in [1.807, 2.05) is 13.8 Å². The summed E-state index contributed by atoms with van der Waals surface area (Å²) in [6.07, 6.45) is 13.1. The van der Waals surface area contributed by atoms with E-state index in [0.717, 1.165) is 82.9 Å². The SMILES string of the molecule is CC.CC(=O)NCC(=O)N1CCCC1.CCC.CCC.COC(=O)NCC(=O)N1CCCC1.c1ncc(-c2nc3sc(-c4cnc[nH]4)nc3s2)[nH]1. The molecule has 0 bridgehead atoms. The van der Waals surface area contributed by atoms with Crippen molar-refractivity contribution in [1.29, 1.82) is 0 Å². The lowest BCUT2D eigenvalue weighted by Crippen LogP contribution is -2.38. The van der Waals surface area contributed by atoms with Crippen LogP contribution >= 0.6 is 22.7 Å². The number of alkyl carbamates (subject to hydrolysis) is 1. The number of amides is 4. The van der Waals surface area contributed by atoms with Crippen molar-refractivity contribution in [2.24, 2.45) is 0 Å². The third-order valence-electron chi connectivity index (χ3n) is 6.41. The molecule has 15 nitrogen and oxygen atoms in total. The number of imidazole rings is 2. The van der Waals surface area contributed by atoms with E-state index in [2.05, 4.69) is 73.0 Å². The molecule has 0 aliphatic carbocycles. The van der Waals surface area contributed by atoms with Crippen LogP contribution in [0.25, 0.3) is 31.1 Å². The van der Waals surface area contributed by atoms with E-state index in [1.165, 1.54) is 26.9 Å². The Bertz CT molecular complexity index is 1410. The first-order valence-corrected chi connectivity index (χ1v) is 19.2. The molecule has 4 aromatic rings. The molecule has 6 heterocycles. The van der Waals surface area contributed by atoms with E-state index in [1.54, 1.807) is 57.5 Å². The van der Waals surface area contributed by atoms with Gasteiger partial charge < -0.3 is 35.1 Å². The van der Waals surface area contributed by atoms with Gasteiger partial charge in [-0.1, -0.05) is 77.1 Å². The van der Waals surface area contributed by atoms with Gasteiger partial charge in [0.25, 0.3) is 0 Å². The number of likely N-dealkylation sites (tertiary alicyclic amines) is 2. The summed E-state index contributed by atoms with van der Waals surface area (Å²) in [5.74, 6) is -0.159. The van der Waals surface area contributed by atoms with Crippen LogP contribution in [0.15, 0.2) is 25.0 Å². The lowest BCUT2D eigenvalue weighted by molar-refractivity contribution is -0.131. The van der Waals surface area contributed by atoms with Gasteiger partial charge >= 0.3 is 6.09 Å². The predicted molar refractivity (Wildman–Crippen MR) is 204 cm³/mol. The molecule has 0 unspecified atom stereocenters. The molecule has 4 amide bonds. The van der Waals surface area contributed by atoms with Gasteiger partial charge in [0.2, 0.25) is 17.7 Å². The molecular weight excluding hydrogens is 693 g/mol. The second kappa shape index (κ2) is 26.4. The van der Waals surface area contributed by atoms with Crippen LogP contribution < -0.4 is 10.6 Å². The lowest BCUT2D eigenvalue weighted by atomic mass is 10.4. The number of rotatable bonds is 6. The molecule has 4 aromatic heterocycles. The van der Waals surface area contributed by atoms with Crippen molar-refractivity contribution in [2.75, 3.05) is 46.4 Å². The fourth-order valence-electron chi connectivity index (χ4n) is 4.19. The van der Waals surface area contributed by atoms with Gasteiger partial charge in [0.05, 0.1) is 50.1 Å². The number of fused-ring (bicyclic) bond motifs is 1. The maximum Gasteiger partial charge on any atom is 0.407 e. The summed E-state index contributed by atoms with van der Waals surface area (Å²) in [4.78, 5) is 72.3. The first-order valence-electron chi connectivity index (χ1n) is 17.5. The third-order valence-corrected chi connectivity index (χ3v) is 8.50. The Morgan fingerprint density at radius 3 is 1.41 bits per heavy atom. The molecule has 0 atom stereocenters. The number of ether oxygens (including phenoxy) is 1. The number of aromatic nitrogens is 6. The van der Waals surface area contributed by atoms with Crippen molar-refractivity contribution in [1.82, 2.24) is 50.3 Å². The van der Waals surface area contributed by atoms with Crippen LogP contribution in [0.2, 0.25) is 0 Å². The van der Waals surface area contributed by atoms with E-state index < -0.39 is 6.09 Å². The highest BCUT2D eigenvalue weighted by atomic mass is 32.1. The zero-order valence-corrected chi connectivity index (χ0v) is 33.0. The van der Waals surface area contributed by atoms with Crippen LogP contribution in [0.3, 0.4) is 0 Å². The minimum Gasteiger partial charge on any atom is -0.453 e. The minimum atomic E-state index is -0.562. The molecule has 0 saturated carbocycles. The lowest BCUT2D eigenvalue weighted by Gasteiger charge is -2.14. The van der Waals surface area contributed by atoms with Gasteiger partial charge in [0.15, 0.2) is 9.66 Å². The number of nitrogens with one attached hydrogen (secondary N) is 4. The van der Waals surface area contributed by atoms with E-state index in [4.69, 9.17) is 0 Å². The fourth-order valence-corrected chi connectivity index (χ4v) is 6.18. The second-order valence-electron chi connectivity index (χ2n) is 10.9. The van der Waals surface area contributed by atoms with Crippen molar-refractivity contribution < 1.29 is 23.9 Å². The van der Waals surface area contributed by atoms with Crippen LogP contribution in [-0.4, -0.2) is 110 Å². The third kappa shape index (κ3) is 16.9. The number of methoxy groups -OCH3 is 1. The van der Waals surface area contributed by atoms with Crippen molar-refractivity contribution in [2.45, 2.75) is 87.0 Å². The van der Waals surface area contributed by atoms with E-state index in [9.17, 15) is 19.2 Å². The number of nitrogens with zero attached hydrogens (tertiary/aromatic N) is 6. The Morgan fingerprint density at radius 2 is 1.10 bits per heavy atom. The highest BCUT2D eigenvalue weighted by Gasteiger charge is 2.19.